The highest BCUT2D eigenvalue weighted by atomic mass is 32.1. The number of hydrogen-bond acceptors (Lipinski definition) is 4. The van der Waals surface area contributed by atoms with Crippen LogP contribution in [-0.4, -0.2) is 37.3 Å². The molecule has 0 radical (unpaired) electrons. The zero-order valence-corrected chi connectivity index (χ0v) is 15.3. The van der Waals surface area contributed by atoms with E-state index in [-0.39, 0.29) is 12.4 Å². The highest BCUT2D eigenvalue weighted by Gasteiger charge is 2.23. The molecule has 0 saturated carbocycles. The van der Waals surface area contributed by atoms with Gasteiger partial charge in [-0.3, -0.25) is 0 Å². The number of guanidine groups is 1. The molecule has 0 aliphatic carbocycles. The van der Waals surface area contributed by atoms with Gasteiger partial charge in [0.25, 0.3) is 0 Å². The van der Waals surface area contributed by atoms with Gasteiger partial charge >= 0.3 is 0 Å². The van der Waals surface area contributed by atoms with Crippen LogP contribution < -0.4 is 15.4 Å². The fourth-order valence-corrected chi connectivity index (χ4v) is 2.91. The summed E-state index contributed by atoms with van der Waals surface area (Å²) in [6.07, 6.45) is 0. The van der Waals surface area contributed by atoms with Crippen LogP contribution in [0, 0.1) is 5.82 Å². The molecule has 25 heavy (non-hydrogen) atoms. The third-order valence-corrected chi connectivity index (χ3v) is 4.52. The molecule has 1 aromatic heterocycles. The molecule has 0 aliphatic rings. The zero-order chi connectivity index (χ0) is 18.1. The number of aliphatic hydroxyl groups is 1. The lowest BCUT2D eigenvalue weighted by molar-refractivity contribution is 0.0711. The van der Waals surface area contributed by atoms with E-state index in [9.17, 15) is 9.50 Å². The van der Waals surface area contributed by atoms with Crippen molar-refractivity contribution < 1.29 is 14.2 Å². The Labute approximate surface area is 151 Å². The van der Waals surface area contributed by atoms with Crippen molar-refractivity contribution in [1.29, 1.82) is 0 Å². The van der Waals surface area contributed by atoms with Crippen molar-refractivity contribution in [1.82, 2.24) is 10.6 Å². The Morgan fingerprint density at radius 1 is 1.32 bits per heavy atom. The molecule has 2 aromatic rings. The van der Waals surface area contributed by atoms with E-state index in [1.165, 1.54) is 23.5 Å². The molecule has 0 aliphatic heterocycles. The first-order valence-corrected chi connectivity index (χ1v) is 9.06. The van der Waals surface area contributed by atoms with Crippen LogP contribution in [0.1, 0.15) is 18.7 Å². The maximum atomic E-state index is 13.1. The largest absolute Gasteiger partial charge is 0.492 e. The van der Waals surface area contributed by atoms with Crippen LogP contribution in [-0.2, 0) is 5.60 Å². The first kappa shape index (κ1) is 19.2. The van der Waals surface area contributed by atoms with Gasteiger partial charge in [-0.25, -0.2) is 9.38 Å². The smallest absolute Gasteiger partial charge is 0.191 e. The van der Waals surface area contributed by atoms with E-state index in [2.05, 4.69) is 15.6 Å². The molecular formula is C18H24FN3O2S. The number of nitrogens with zero attached hydrogens (tertiary/aromatic N) is 1. The Balaban J connectivity index is 1.83. The second kappa shape index (κ2) is 9.39. The number of aliphatic imine (C=N–C) groups is 1. The number of halogens is 1. The second-order valence-electron chi connectivity index (χ2n) is 5.68. The average Bonchev–Trinajstić information content (AvgIpc) is 3.12. The van der Waals surface area contributed by atoms with Crippen LogP contribution in [0.5, 0.6) is 5.75 Å². The van der Waals surface area contributed by atoms with Gasteiger partial charge in [-0.2, -0.15) is 0 Å². The van der Waals surface area contributed by atoms with Gasteiger partial charge in [0.15, 0.2) is 5.96 Å². The molecule has 0 saturated heterocycles. The summed E-state index contributed by atoms with van der Waals surface area (Å²) in [5.41, 5.74) is -1.01. The van der Waals surface area contributed by atoms with Crippen molar-refractivity contribution >= 4 is 17.3 Å². The minimum Gasteiger partial charge on any atom is -0.492 e. The first-order chi connectivity index (χ1) is 12.0. The fourth-order valence-electron chi connectivity index (χ4n) is 2.13. The molecule has 0 amide bonds. The van der Waals surface area contributed by atoms with E-state index >= 15 is 0 Å². The van der Waals surface area contributed by atoms with Gasteiger partial charge in [0.2, 0.25) is 0 Å². The third-order valence-electron chi connectivity index (χ3n) is 3.40. The predicted octanol–water partition coefficient (Wildman–Crippen LogP) is 2.73. The van der Waals surface area contributed by atoms with Crippen molar-refractivity contribution in [2.75, 3.05) is 26.2 Å². The average molecular weight is 365 g/mol. The maximum absolute atomic E-state index is 13.1. The van der Waals surface area contributed by atoms with Gasteiger partial charge in [-0.1, -0.05) is 12.1 Å². The summed E-state index contributed by atoms with van der Waals surface area (Å²) < 4.78 is 18.6. The SMILES string of the molecule is CCNC(=NCC(C)(O)c1cccs1)NCCOc1cccc(F)c1. The van der Waals surface area contributed by atoms with Gasteiger partial charge in [-0.05, 0) is 37.4 Å². The van der Waals surface area contributed by atoms with Crippen LogP contribution in [0.2, 0.25) is 0 Å². The Kier molecular flexibility index (Phi) is 7.21. The molecule has 0 bridgehead atoms. The van der Waals surface area contributed by atoms with Crippen LogP contribution in [0.25, 0.3) is 0 Å². The Hall–Kier alpha value is -2.12. The van der Waals surface area contributed by atoms with Crippen LogP contribution in [0.3, 0.4) is 0 Å². The number of benzene rings is 1. The monoisotopic (exact) mass is 365 g/mol. The molecule has 1 unspecified atom stereocenters. The van der Waals surface area contributed by atoms with E-state index < -0.39 is 5.60 Å². The van der Waals surface area contributed by atoms with Crippen molar-refractivity contribution in [2.24, 2.45) is 4.99 Å². The Morgan fingerprint density at radius 2 is 2.16 bits per heavy atom. The number of hydrogen-bond donors (Lipinski definition) is 3. The summed E-state index contributed by atoms with van der Waals surface area (Å²) in [5.74, 6) is 0.766. The van der Waals surface area contributed by atoms with Crippen LogP contribution in [0.4, 0.5) is 4.39 Å². The van der Waals surface area contributed by atoms with Gasteiger partial charge in [0.05, 0.1) is 13.1 Å². The second-order valence-corrected chi connectivity index (χ2v) is 6.63. The zero-order valence-electron chi connectivity index (χ0n) is 14.5. The Bertz CT molecular complexity index is 675. The van der Waals surface area contributed by atoms with Crippen LogP contribution >= 0.6 is 11.3 Å². The minimum absolute atomic E-state index is 0.244. The summed E-state index contributed by atoms with van der Waals surface area (Å²) in [6.45, 7) is 5.54. The number of thiophene rings is 1. The molecule has 0 spiro atoms. The van der Waals surface area contributed by atoms with E-state index in [1.807, 2.05) is 24.4 Å². The van der Waals surface area contributed by atoms with Gasteiger partial charge in [-0.15, -0.1) is 11.3 Å². The highest BCUT2D eigenvalue weighted by Crippen LogP contribution is 2.25. The topological polar surface area (TPSA) is 65.9 Å². The number of ether oxygens (including phenoxy) is 1. The summed E-state index contributed by atoms with van der Waals surface area (Å²) in [5, 5.41) is 18.7. The lowest BCUT2D eigenvalue weighted by Gasteiger charge is -2.20. The van der Waals surface area contributed by atoms with Gasteiger partial charge < -0.3 is 20.5 Å². The molecule has 3 N–H and O–H groups in total. The number of rotatable bonds is 8. The lowest BCUT2D eigenvalue weighted by atomic mass is 10.1. The summed E-state index contributed by atoms with van der Waals surface area (Å²) in [6, 6.07) is 9.84. The molecule has 0 fully saturated rings. The van der Waals surface area contributed by atoms with Crippen molar-refractivity contribution in [2.45, 2.75) is 19.4 Å². The normalized spacial score (nSPS) is 14.0. The van der Waals surface area contributed by atoms with E-state index in [0.717, 1.165) is 4.88 Å². The summed E-state index contributed by atoms with van der Waals surface area (Å²) >= 11 is 1.50. The molecule has 1 heterocycles. The van der Waals surface area contributed by atoms with Crippen LogP contribution in [0.15, 0.2) is 46.8 Å². The molecule has 7 heteroatoms. The molecule has 2 rings (SSSR count). The molecule has 1 atom stereocenters. The standard InChI is InChI=1S/C18H24FN3O2S/c1-3-20-17(22-13-18(2,23)16-8-5-11-25-16)21-9-10-24-15-7-4-6-14(19)12-15/h4-8,11-12,23H,3,9-10,13H2,1-2H3,(H2,20,21,22). The Morgan fingerprint density at radius 3 is 2.84 bits per heavy atom. The summed E-state index contributed by atoms with van der Waals surface area (Å²) in [4.78, 5) is 5.31. The predicted molar refractivity (Wildman–Crippen MR) is 99.8 cm³/mol. The molecule has 5 nitrogen and oxygen atoms in total. The summed E-state index contributed by atoms with van der Waals surface area (Å²) in [7, 11) is 0. The van der Waals surface area contributed by atoms with E-state index in [0.29, 0.717) is 31.4 Å². The molecular weight excluding hydrogens is 341 g/mol. The van der Waals surface area contributed by atoms with Gasteiger partial charge in [0.1, 0.15) is 23.8 Å². The molecule has 136 valence electrons. The van der Waals surface area contributed by atoms with Crippen molar-refractivity contribution in [3.63, 3.8) is 0 Å². The highest BCUT2D eigenvalue weighted by molar-refractivity contribution is 7.10. The first-order valence-electron chi connectivity index (χ1n) is 8.18. The minimum atomic E-state index is -1.01. The van der Waals surface area contributed by atoms with E-state index in [1.54, 1.807) is 19.1 Å². The van der Waals surface area contributed by atoms with Gasteiger partial charge in [0, 0.05) is 17.5 Å². The maximum Gasteiger partial charge on any atom is 0.191 e. The fraction of sp³-hybridized carbons (Fsp3) is 0.389. The lowest BCUT2D eigenvalue weighted by Crippen LogP contribution is -2.40. The van der Waals surface area contributed by atoms with Crippen molar-refractivity contribution in [3.05, 3.63) is 52.5 Å². The number of nitrogens with one attached hydrogen (secondary N) is 2. The third kappa shape index (κ3) is 6.36. The van der Waals surface area contributed by atoms with E-state index in [4.69, 9.17) is 4.74 Å². The quantitative estimate of drug-likeness (QED) is 0.382. The molecule has 1 aromatic carbocycles. The van der Waals surface area contributed by atoms with Crippen molar-refractivity contribution in [3.8, 4) is 5.75 Å².